The zero-order chi connectivity index (χ0) is 12.5. The minimum Gasteiger partial charge on any atom is -0.399 e. The van der Waals surface area contributed by atoms with Crippen molar-refractivity contribution in [2.45, 2.75) is 12.5 Å². The number of aliphatic hydroxyl groups excluding tert-OH is 2. The molecule has 0 radical (unpaired) electrons. The Kier molecular flexibility index (Phi) is 6.39. The zero-order valence-electron chi connectivity index (χ0n) is 9.89. The fourth-order valence-electron chi connectivity index (χ4n) is 1.43. The fourth-order valence-corrected chi connectivity index (χ4v) is 1.43. The second kappa shape index (κ2) is 7.89. The summed E-state index contributed by atoms with van der Waals surface area (Å²) < 4.78 is 0. The molecule has 17 heavy (non-hydrogen) atoms. The highest BCUT2D eigenvalue weighted by Crippen LogP contribution is 2.10. The van der Waals surface area contributed by atoms with Crippen LogP contribution in [0.2, 0.25) is 0 Å². The number of nitrogens with one attached hydrogen (secondary N) is 2. The second-order valence-electron chi connectivity index (χ2n) is 3.92. The molecule has 0 saturated carbocycles. The van der Waals surface area contributed by atoms with E-state index < -0.39 is 6.10 Å². The predicted molar refractivity (Wildman–Crippen MR) is 69.9 cm³/mol. The molecular weight excluding hydrogens is 218 g/mol. The van der Waals surface area contributed by atoms with Crippen molar-refractivity contribution in [1.82, 2.24) is 5.32 Å². The lowest BCUT2D eigenvalue weighted by Gasteiger charge is -2.12. The first-order valence-corrected chi connectivity index (χ1v) is 5.81. The first kappa shape index (κ1) is 13.8. The molecule has 0 aliphatic carbocycles. The minimum atomic E-state index is -0.400. The maximum absolute atomic E-state index is 9.59. The fraction of sp³-hybridized carbons (Fsp3) is 0.500. The van der Waals surface area contributed by atoms with Crippen LogP contribution in [-0.2, 0) is 0 Å². The highest BCUT2D eigenvalue weighted by molar-refractivity contribution is 5.51. The van der Waals surface area contributed by atoms with Crippen LogP contribution in [0.1, 0.15) is 6.42 Å². The van der Waals surface area contributed by atoms with Crippen LogP contribution in [0.15, 0.2) is 24.3 Å². The van der Waals surface area contributed by atoms with Gasteiger partial charge in [-0.15, -0.1) is 0 Å². The van der Waals surface area contributed by atoms with Gasteiger partial charge in [-0.25, -0.2) is 0 Å². The van der Waals surface area contributed by atoms with Crippen LogP contribution < -0.4 is 16.4 Å². The summed E-state index contributed by atoms with van der Waals surface area (Å²) in [4.78, 5) is 0. The van der Waals surface area contributed by atoms with Gasteiger partial charge in [0, 0.05) is 31.0 Å². The summed E-state index contributed by atoms with van der Waals surface area (Å²) in [5, 5.41) is 24.3. The minimum absolute atomic E-state index is 0.0937. The van der Waals surface area contributed by atoms with Crippen LogP contribution in [0.25, 0.3) is 0 Å². The zero-order valence-corrected chi connectivity index (χ0v) is 9.89. The molecule has 1 atom stereocenters. The van der Waals surface area contributed by atoms with Gasteiger partial charge in [0.15, 0.2) is 0 Å². The normalized spacial score (nSPS) is 12.4. The quantitative estimate of drug-likeness (QED) is 0.326. The van der Waals surface area contributed by atoms with E-state index in [2.05, 4.69) is 10.6 Å². The molecule has 0 fully saturated rings. The lowest BCUT2D eigenvalue weighted by Crippen LogP contribution is -2.30. The van der Waals surface area contributed by atoms with Crippen LogP contribution >= 0.6 is 0 Å². The Hall–Kier alpha value is -1.30. The first-order chi connectivity index (χ1) is 8.22. The summed E-state index contributed by atoms with van der Waals surface area (Å²) >= 11 is 0. The highest BCUT2D eigenvalue weighted by atomic mass is 16.3. The van der Waals surface area contributed by atoms with Gasteiger partial charge < -0.3 is 26.6 Å². The van der Waals surface area contributed by atoms with Gasteiger partial charge in [-0.05, 0) is 30.7 Å². The van der Waals surface area contributed by atoms with Gasteiger partial charge in [0.25, 0.3) is 0 Å². The number of rotatable bonds is 8. The maximum atomic E-state index is 9.59. The standard InChI is InChI=1S/C12H21N3O2/c13-10-1-3-11(4-2-10)15-6-5-12(17)9-14-7-8-16/h1-4,12,14-17H,5-9,13H2. The number of hydrogen-bond donors (Lipinski definition) is 5. The summed E-state index contributed by atoms with van der Waals surface area (Å²) in [6, 6.07) is 7.49. The third-order valence-electron chi connectivity index (χ3n) is 2.39. The van der Waals surface area contributed by atoms with Crippen LogP contribution in [0.4, 0.5) is 11.4 Å². The maximum Gasteiger partial charge on any atom is 0.0681 e. The Balaban J connectivity index is 2.12. The van der Waals surface area contributed by atoms with Gasteiger partial charge in [-0.1, -0.05) is 0 Å². The van der Waals surface area contributed by atoms with Gasteiger partial charge in [0.2, 0.25) is 0 Å². The van der Waals surface area contributed by atoms with E-state index in [4.69, 9.17) is 10.8 Å². The molecular formula is C12H21N3O2. The largest absolute Gasteiger partial charge is 0.399 e. The molecule has 0 aromatic heterocycles. The van der Waals surface area contributed by atoms with Crippen molar-refractivity contribution in [1.29, 1.82) is 0 Å². The van der Waals surface area contributed by atoms with Gasteiger partial charge in [-0.3, -0.25) is 0 Å². The predicted octanol–water partition coefficient (Wildman–Crippen LogP) is 0.0136. The van der Waals surface area contributed by atoms with E-state index in [-0.39, 0.29) is 6.61 Å². The van der Waals surface area contributed by atoms with Crippen molar-refractivity contribution in [2.24, 2.45) is 0 Å². The van der Waals surface area contributed by atoms with E-state index in [1.807, 2.05) is 24.3 Å². The van der Waals surface area contributed by atoms with Gasteiger partial charge in [0.05, 0.1) is 12.7 Å². The van der Waals surface area contributed by atoms with Crippen LogP contribution in [0, 0.1) is 0 Å². The van der Waals surface area contributed by atoms with E-state index >= 15 is 0 Å². The Morgan fingerprint density at radius 1 is 1.18 bits per heavy atom. The summed E-state index contributed by atoms with van der Waals surface area (Å²) in [6.45, 7) is 1.81. The molecule has 0 aliphatic heterocycles. The van der Waals surface area contributed by atoms with Crippen LogP contribution in [0.3, 0.4) is 0 Å². The van der Waals surface area contributed by atoms with Gasteiger partial charge in [0.1, 0.15) is 0 Å². The Bertz CT molecular complexity index is 303. The number of benzene rings is 1. The molecule has 5 nitrogen and oxygen atoms in total. The number of anilines is 2. The summed E-state index contributed by atoms with van der Waals surface area (Å²) in [7, 11) is 0. The smallest absolute Gasteiger partial charge is 0.0681 e. The van der Waals surface area contributed by atoms with Crippen molar-refractivity contribution in [2.75, 3.05) is 37.3 Å². The molecule has 96 valence electrons. The monoisotopic (exact) mass is 239 g/mol. The van der Waals surface area contributed by atoms with Crippen molar-refractivity contribution in [3.05, 3.63) is 24.3 Å². The lowest BCUT2D eigenvalue weighted by atomic mass is 10.2. The number of hydrogen-bond acceptors (Lipinski definition) is 5. The molecule has 0 amide bonds. The van der Waals surface area contributed by atoms with Gasteiger partial charge in [-0.2, -0.15) is 0 Å². The number of nitrogens with two attached hydrogens (primary N) is 1. The SMILES string of the molecule is Nc1ccc(NCCC(O)CNCCO)cc1. The van der Waals surface area contributed by atoms with Crippen molar-refractivity contribution < 1.29 is 10.2 Å². The molecule has 0 heterocycles. The number of nitrogen functional groups attached to an aromatic ring is 1. The summed E-state index contributed by atoms with van der Waals surface area (Å²) in [5.41, 5.74) is 7.31. The Labute approximate surface area is 102 Å². The lowest BCUT2D eigenvalue weighted by molar-refractivity contribution is 0.162. The third-order valence-corrected chi connectivity index (χ3v) is 2.39. The molecule has 1 aromatic rings. The topological polar surface area (TPSA) is 90.5 Å². The molecule has 0 spiro atoms. The van der Waals surface area contributed by atoms with Crippen molar-refractivity contribution >= 4 is 11.4 Å². The van der Waals surface area contributed by atoms with E-state index in [1.54, 1.807) is 0 Å². The molecule has 5 heteroatoms. The van der Waals surface area contributed by atoms with Crippen molar-refractivity contribution in [3.8, 4) is 0 Å². The molecule has 1 unspecified atom stereocenters. The van der Waals surface area contributed by atoms with E-state index in [1.165, 1.54) is 0 Å². The number of aliphatic hydroxyl groups is 2. The molecule has 1 rings (SSSR count). The highest BCUT2D eigenvalue weighted by Gasteiger charge is 2.02. The summed E-state index contributed by atoms with van der Waals surface area (Å²) in [5.74, 6) is 0. The molecule has 0 bridgehead atoms. The molecule has 0 aliphatic rings. The van der Waals surface area contributed by atoms with Gasteiger partial charge >= 0.3 is 0 Å². The third kappa shape index (κ3) is 6.11. The van der Waals surface area contributed by atoms with Crippen LogP contribution in [0.5, 0.6) is 0 Å². The second-order valence-corrected chi connectivity index (χ2v) is 3.92. The average molecular weight is 239 g/mol. The first-order valence-electron chi connectivity index (χ1n) is 5.81. The van der Waals surface area contributed by atoms with E-state index in [0.717, 1.165) is 11.4 Å². The summed E-state index contributed by atoms with van der Waals surface area (Å²) in [6.07, 6.45) is 0.255. The van der Waals surface area contributed by atoms with Crippen molar-refractivity contribution in [3.63, 3.8) is 0 Å². The Morgan fingerprint density at radius 2 is 1.88 bits per heavy atom. The molecule has 1 aromatic carbocycles. The Morgan fingerprint density at radius 3 is 2.53 bits per heavy atom. The average Bonchev–Trinajstić information content (AvgIpc) is 2.32. The molecule has 0 saturated heterocycles. The van der Waals surface area contributed by atoms with E-state index in [9.17, 15) is 5.11 Å². The molecule has 6 N–H and O–H groups in total. The van der Waals surface area contributed by atoms with E-state index in [0.29, 0.717) is 26.1 Å². The van der Waals surface area contributed by atoms with Crippen LogP contribution in [-0.4, -0.2) is 42.6 Å².